The SMILES string of the molecule is CNC(=O)[C@H](CO)NC(=O)[C@H]1NC(=O)[C@H](CC(N)=O)NC(=O)[C@@H](N)Cc2c[nH]c3c(cccc23)O[C@@H]1c1c[nH]c2cc(C)ccc12.C[C@H](CCCN)[C@H](C)C(=O)N[C@@H](CO)C(=O)N[C@@H](Cc1ccccc1)C(=O)O. The summed E-state index contributed by atoms with van der Waals surface area (Å²) in [4.78, 5) is 108. The van der Waals surface area contributed by atoms with Crippen molar-refractivity contribution in [2.75, 3.05) is 26.8 Å². The van der Waals surface area contributed by atoms with Crippen LogP contribution < -0.4 is 53.8 Å². The van der Waals surface area contributed by atoms with Gasteiger partial charge in [-0.3, -0.25) is 33.6 Å². The number of primary amides is 1. The number of aliphatic hydroxyl groups is 2. The number of H-pyrrole nitrogens is 2. The average molecular weight is 1030 g/mol. The van der Waals surface area contributed by atoms with E-state index in [0.29, 0.717) is 39.7 Å². The average Bonchev–Trinajstić information content (AvgIpc) is 4.00. The molecule has 0 aliphatic carbocycles. The fourth-order valence-electron chi connectivity index (χ4n) is 8.35. The molecule has 398 valence electrons. The fraction of sp³-hybridized carbons (Fsp3) is 0.412. The summed E-state index contributed by atoms with van der Waals surface area (Å²) in [5.41, 5.74) is 21.3. The molecule has 23 nitrogen and oxygen atoms in total. The molecule has 0 saturated heterocycles. The predicted octanol–water partition coefficient (Wildman–Crippen LogP) is -0.684. The Balaban J connectivity index is 0.000000311. The van der Waals surface area contributed by atoms with E-state index in [2.05, 4.69) is 41.9 Å². The van der Waals surface area contributed by atoms with Gasteiger partial charge in [-0.2, -0.15) is 0 Å². The van der Waals surface area contributed by atoms with Crippen molar-refractivity contribution in [1.29, 1.82) is 0 Å². The number of aromatic nitrogens is 2. The maximum absolute atomic E-state index is 14.1. The summed E-state index contributed by atoms with van der Waals surface area (Å²) < 4.78 is 6.61. The van der Waals surface area contributed by atoms with Crippen LogP contribution in [0.4, 0.5) is 0 Å². The Hall–Kier alpha value is -7.86. The third-order valence-corrected chi connectivity index (χ3v) is 12.8. The lowest BCUT2D eigenvalue weighted by Gasteiger charge is -2.31. The van der Waals surface area contributed by atoms with Crippen molar-refractivity contribution in [2.24, 2.45) is 29.0 Å². The summed E-state index contributed by atoms with van der Waals surface area (Å²) >= 11 is 0. The molecule has 5 aromatic rings. The van der Waals surface area contributed by atoms with E-state index >= 15 is 0 Å². The molecule has 0 fully saturated rings. The van der Waals surface area contributed by atoms with E-state index in [-0.39, 0.29) is 30.6 Å². The number of para-hydroxylation sites is 1. The summed E-state index contributed by atoms with van der Waals surface area (Å²) in [5.74, 6) is -6.39. The van der Waals surface area contributed by atoms with Crippen molar-refractivity contribution in [2.45, 2.75) is 95.2 Å². The lowest BCUT2D eigenvalue weighted by Crippen LogP contribution is -2.60. The molecule has 3 aromatic carbocycles. The zero-order valence-corrected chi connectivity index (χ0v) is 41.6. The van der Waals surface area contributed by atoms with Crippen molar-refractivity contribution in [3.8, 4) is 5.75 Å². The molecule has 74 heavy (non-hydrogen) atoms. The predicted molar refractivity (Wildman–Crippen MR) is 272 cm³/mol. The van der Waals surface area contributed by atoms with Crippen LogP contribution in [0.5, 0.6) is 5.75 Å². The first kappa shape index (κ1) is 57.0. The minimum atomic E-state index is -1.58. The lowest BCUT2D eigenvalue weighted by molar-refractivity contribution is -0.142. The summed E-state index contributed by atoms with van der Waals surface area (Å²) in [6, 6.07) is 11.8. The summed E-state index contributed by atoms with van der Waals surface area (Å²) in [5, 5.41) is 45.0. The Bertz CT molecular complexity index is 2780. The number of carbonyl (C=O) groups excluding carboxylic acids is 7. The number of aromatic amines is 2. The number of aliphatic carboxylic acids is 1. The van der Waals surface area contributed by atoms with Gasteiger partial charge in [0.15, 0.2) is 6.10 Å². The Morgan fingerprint density at radius 1 is 0.811 bits per heavy atom. The highest BCUT2D eigenvalue weighted by atomic mass is 16.5. The molecule has 23 heteroatoms. The fourth-order valence-corrected chi connectivity index (χ4v) is 8.35. The van der Waals surface area contributed by atoms with E-state index in [0.717, 1.165) is 29.5 Å². The first-order chi connectivity index (χ1) is 35.3. The molecule has 2 aromatic heterocycles. The Morgan fingerprint density at radius 3 is 2.15 bits per heavy atom. The van der Waals surface area contributed by atoms with E-state index < -0.39 is 103 Å². The van der Waals surface area contributed by atoms with Crippen LogP contribution in [0.3, 0.4) is 0 Å². The molecule has 0 spiro atoms. The second-order valence-corrected chi connectivity index (χ2v) is 18.2. The Morgan fingerprint density at radius 2 is 1.50 bits per heavy atom. The number of hydrogen-bond donors (Lipinski definition) is 14. The van der Waals surface area contributed by atoms with Gasteiger partial charge in [0.1, 0.15) is 36.0 Å². The van der Waals surface area contributed by atoms with Crippen LogP contribution in [-0.4, -0.2) is 136 Å². The maximum Gasteiger partial charge on any atom is 0.326 e. The standard InChI is InChI=1S/C31H36N8O7.C20H31N3O5/c1-14-6-7-17-18(12-35-20(17)8-14)27-26(31(45)38-22(13-40)29(43)34-2)39-30(44)21(10-24(33)41)37-28(42)19(32)9-15-11-36-25-16(15)4-3-5-23(25)46-27;1-13(7-6-10-21)14(2)18(25)23-17(12-24)19(26)22-16(20(27)28)11-15-8-4-3-5-9-15/h3-8,11-12,19,21-22,26-27,35-36,40H,9-10,13,32H2,1-2H3,(H2,33,41)(H,34,43)(H,37,42)(H,38,45)(H,39,44);3-5,8-9,13-14,16-17,24H,6-7,10-12,21H2,1-2H3,(H,22,26)(H,23,25)(H,27,28)/t19-,21-,22-,26-,27+;13-,14+,16+,17+/m01/s1. The third-order valence-electron chi connectivity index (χ3n) is 12.8. The topological polar surface area (TPSA) is 388 Å². The minimum absolute atomic E-state index is 0.0656. The second kappa shape index (κ2) is 26.7. The molecule has 1 aliphatic heterocycles. The zero-order chi connectivity index (χ0) is 54.2. The van der Waals surface area contributed by atoms with Gasteiger partial charge >= 0.3 is 5.97 Å². The first-order valence-electron chi connectivity index (χ1n) is 24.1. The Labute approximate surface area is 426 Å². The number of fused-ring (bicyclic) bond motifs is 1. The lowest BCUT2D eigenvalue weighted by atomic mass is 9.90. The zero-order valence-electron chi connectivity index (χ0n) is 41.6. The van der Waals surface area contributed by atoms with Crippen LogP contribution in [0.25, 0.3) is 21.8 Å². The number of hydrogen-bond acceptors (Lipinski definition) is 13. The highest BCUT2D eigenvalue weighted by Crippen LogP contribution is 2.36. The molecule has 0 saturated carbocycles. The molecular weight excluding hydrogens is 959 g/mol. The van der Waals surface area contributed by atoms with Gasteiger partial charge in [-0.25, -0.2) is 4.79 Å². The van der Waals surface area contributed by atoms with Crippen molar-refractivity contribution >= 4 is 69.1 Å². The number of likely N-dealkylation sites (N-methyl/N-ethyl adjacent to an activating group) is 1. The third kappa shape index (κ3) is 14.9. The first-order valence-corrected chi connectivity index (χ1v) is 24.1. The van der Waals surface area contributed by atoms with E-state index in [9.17, 15) is 53.7 Å². The molecule has 7 amide bonds. The van der Waals surface area contributed by atoms with Gasteiger partial charge in [0.25, 0.3) is 0 Å². The molecule has 3 heterocycles. The molecule has 1 aliphatic rings. The minimum Gasteiger partial charge on any atom is -0.481 e. The molecular formula is C51H67N11O12. The number of nitrogens with one attached hydrogen (secondary N) is 8. The van der Waals surface area contributed by atoms with Crippen molar-refractivity contribution in [3.63, 3.8) is 0 Å². The van der Waals surface area contributed by atoms with E-state index in [1.807, 2.05) is 44.2 Å². The molecule has 6 rings (SSSR count). The number of carboxylic acids is 1. The van der Waals surface area contributed by atoms with Gasteiger partial charge in [0.2, 0.25) is 41.4 Å². The van der Waals surface area contributed by atoms with Gasteiger partial charge in [-0.15, -0.1) is 0 Å². The van der Waals surface area contributed by atoms with E-state index in [1.165, 1.54) is 7.05 Å². The van der Waals surface area contributed by atoms with E-state index in [4.69, 9.17) is 21.9 Å². The number of aliphatic hydroxyl groups excluding tert-OH is 2. The largest absolute Gasteiger partial charge is 0.481 e. The molecule has 9 atom stereocenters. The molecule has 17 N–H and O–H groups in total. The van der Waals surface area contributed by atoms with Crippen molar-refractivity contribution in [1.82, 2.24) is 41.9 Å². The van der Waals surface area contributed by atoms with Gasteiger partial charge in [0.05, 0.1) is 31.2 Å². The smallest absolute Gasteiger partial charge is 0.326 e. The summed E-state index contributed by atoms with van der Waals surface area (Å²) in [7, 11) is 1.34. The quantitative estimate of drug-likeness (QED) is 0.0488. The van der Waals surface area contributed by atoms with Crippen LogP contribution in [0.15, 0.2) is 79.1 Å². The van der Waals surface area contributed by atoms with Crippen LogP contribution in [0.1, 0.15) is 61.5 Å². The van der Waals surface area contributed by atoms with E-state index in [1.54, 1.807) is 55.7 Å². The molecule has 4 bridgehead atoms. The van der Waals surface area contributed by atoms with Crippen LogP contribution >= 0.6 is 0 Å². The number of nitrogens with two attached hydrogens (primary N) is 3. The van der Waals surface area contributed by atoms with Gasteiger partial charge in [0, 0.05) is 53.6 Å². The van der Waals surface area contributed by atoms with Gasteiger partial charge < -0.3 is 79.1 Å². The number of carboxylic acid groups (broad SMARTS) is 1. The highest BCUT2D eigenvalue weighted by Gasteiger charge is 2.39. The number of amides is 7. The number of aryl methyl sites for hydroxylation is 1. The van der Waals surface area contributed by atoms with Crippen LogP contribution in [0, 0.1) is 18.8 Å². The normalized spacial score (nSPS) is 18.9. The molecule has 0 radical (unpaired) electrons. The number of benzene rings is 3. The van der Waals surface area contributed by atoms with Crippen LogP contribution in [0.2, 0.25) is 0 Å². The highest BCUT2D eigenvalue weighted by molar-refractivity contribution is 5.98. The Kier molecular flexibility index (Phi) is 20.6. The summed E-state index contributed by atoms with van der Waals surface area (Å²) in [6.07, 6.45) is 3.26. The summed E-state index contributed by atoms with van der Waals surface area (Å²) in [6.45, 7) is 4.77. The van der Waals surface area contributed by atoms with Crippen LogP contribution in [-0.2, 0) is 51.2 Å². The van der Waals surface area contributed by atoms with Gasteiger partial charge in [-0.1, -0.05) is 68.4 Å². The monoisotopic (exact) mass is 1030 g/mol. The van der Waals surface area contributed by atoms with Crippen molar-refractivity contribution in [3.05, 3.63) is 101 Å². The van der Waals surface area contributed by atoms with Crippen molar-refractivity contribution < 1.29 is 58.4 Å². The van der Waals surface area contributed by atoms with Gasteiger partial charge in [-0.05, 0) is 67.5 Å². The number of ether oxygens (including phenoxy) is 1. The molecule has 0 unspecified atom stereocenters. The number of rotatable bonds is 19. The second-order valence-electron chi connectivity index (χ2n) is 18.2. The number of carbonyl (C=O) groups is 8. The maximum atomic E-state index is 14.1.